The molecule has 1 unspecified atom stereocenters. The number of carboxylic acid groups (broad SMARTS) is 1. The molecule has 96 valence electrons. The van der Waals surface area contributed by atoms with Crippen LogP contribution in [0.4, 0.5) is 0 Å². The maximum atomic E-state index is 11.8. The van der Waals surface area contributed by atoms with Gasteiger partial charge in [0, 0.05) is 11.9 Å². The lowest BCUT2D eigenvalue weighted by Crippen LogP contribution is -2.27. The summed E-state index contributed by atoms with van der Waals surface area (Å²) < 4.78 is 26.1. The lowest BCUT2D eigenvalue weighted by molar-refractivity contribution is 0.0697. The molecule has 0 bridgehead atoms. The van der Waals surface area contributed by atoms with E-state index in [1.165, 1.54) is 11.4 Å². The van der Waals surface area contributed by atoms with Crippen LogP contribution >= 0.6 is 11.3 Å². The van der Waals surface area contributed by atoms with Crippen molar-refractivity contribution in [3.8, 4) is 0 Å². The minimum atomic E-state index is -3.57. The van der Waals surface area contributed by atoms with Crippen molar-refractivity contribution in [2.24, 2.45) is 5.92 Å². The van der Waals surface area contributed by atoms with E-state index in [0.717, 1.165) is 17.8 Å². The van der Waals surface area contributed by atoms with Crippen molar-refractivity contribution in [3.05, 3.63) is 17.0 Å². The molecule has 17 heavy (non-hydrogen) atoms. The van der Waals surface area contributed by atoms with Gasteiger partial charge in [0.1, 0.15) is 4.21 Å². The van der Waals surface area contributed by atoms with E-state index in [4.69, 9.17) is 5.11 Å². The number of hydrogen-bond donors (Lipinski definition) is 2. The summed E-state index contributed by atoms with van der Waals surface area (Å²) >= 11 is 0.913. The highest BCUT2D eigenvalue weighted by Gasteiger charge is 2.19. The smallest absolute Gasteiger partial charge is 0.336 e. The summed E-state index contributed by atoms with van der Waals surface area (Å²) in [4.78, 5) is 10.6. The highest BCUT2D eigenvalue weighted by atomic mass is 32.2. The van der Waals surface area contributed by atoms with E-state index < -0.39 is 16.0 Å². The van der Waals surface area contributed by atoms with Crippen molar-refractivity contribution in [1.82, 2.24) is 4.72 Å². The van der Waals surface area contributed by atoms with Gasteiger partial charge in [-0.05, 0) is 12.0 Å². The molecule has 0 radical (unpaired) electrons. The molecule has 0 fully saturated rings. The molecule has 0 saturated carbocycles. The van der Waals surface area contributed by atoms with Crippen LogP contribution < -0.4 is 4.72 Å². The van der Waals surface area contributed by atoms with E-state index in [2.05, 4.69) is 4.72 Å². The zero-order valence-corrected chi connectivity index (χ0v) is 11.3. The second-order valence-corrected chi connectivity index (χ2v) is 6.73. The van der Waals surface area contributed by atoms with Gasteiger partial charge in [0.25, 0.3) is 0 Å². The van der Waals surface area contributed by atoms with Gasteiger partial charge >= 0.3 is 5.97 Å². The molecule has 0 saturated heterocycles. The highest BCUT2D eigenvalue weighted by Crippen LogP contribution is 2.20. The van der Waals surface area contributed by atoms with Crippen molar-refractivity contribution >= 4 is 27.3 Å². The van der Waals surface area contributed by atoms with Crippen molar-refractivity contribution < 1.29 is 18.3 Å². The second-order valence-electron chi connectivity index (χ2n) is 3.82. The van der Waals surface area contributed by atoms with Crippen LogP contribution in [0.25, 0.3) is 0 Å². The summed E-state index contributed by atoms with van der Waals surface area (Å²) in [5.41, 5.74) is -0.00100. The van der Waals surface area contributed by atoms with Crippen LogP contribution in [0, 0.1) is 5.92 Å². The first-order valence-corrected chi connectivity index (χ1v) is 7.54. The van der Waals surface area contributed by atoms with Crippen molar-refractivity contribution in [3.63, 3.8) is 0 Å². The second kappa shape index (κ2) is 5.61. The summed E-state index contributed by atoms with van der Waals surface area (Å²) in [5.74, 6) is -0.867. The molecule has 0 aliphatic heterocycles. The van der Waals surface area contributed by atoms with Crippen LogP contribution in [0.5, 0.6) is 0 Å². The molecular formula is C10H15NO4S2. The van der Waals surface area contributed by atoms with Crippen LogP contribution in [-0.2, 0) is 10.0 Å². The first-order valence-electron chi connectivity index (χ1n) is 5.18. The van der Waals surface area contributed by atoms with Gasteiger partial charge in [0.2, 0.25) is 10.0 Å². The lowest BCUT2D eigenvalue weighted by Gasteiger charge is -2.09. The molecule has 0 spiro atoms. The first kappa shape index (κ1) is 14.1. The highest BCUT2D eigenvalue weighted by molar-refractivity contribution is 7.91. The molecule has 2 N–H and O–H groups in total. The van der Waals surface area contributed by atoms with Crippen molar-refractivity contribution in [2.45, 2.75) is 24.5 Å². The van der Waals surface area contributed by atoms with Crippen LogP contribution in [-0.4, -0.2) is 26.0 Å². The topological polar surface area (TPSA) is 83.5 Å². The Morgan fingerprint density at radius 3 is 2.71 bits per heavy atom. The third kappa shape index (κ3) is 3.79. The van der Waals surface area contributed by atoms with Gasteiger partial charge in [-0.15, -0.1) is 11.3 Å². The van der Waals surface area contributed by atoms with Crippen LogP contribution in [0.3, 0.4) is 0 Å². The van der Waals surface area contributed by atoms with E-state index in [0.29, 0.717) is 6.54 Å². The maximum Gasteiger partial charge on any atom is 0.336 e. The summed E-state index contributed by atoms with van der Waals surface area (Å²) in [6.45, 7) is 4.28. The molecule has 1 rings (SSSR count). The molecule has 0 amide bonds. The van der Waals surface area contributed by atoms with E-state index in [9.17, 15) is 13.2 Å². The van der Waals surface area contributed by atoms with Crippen molar-refractivity contribution in [1.29, 1.82) is 0 Å². The van der Waals surface area contributed by atoms with Gasteiger partial charge in [0.05, 0.1) is 5.56 Å². The normalized spacial score (nSPS) is 13.5. The SMILES string of the molecule is CCC(C)CNS(=O)(=O)c1cc(C(=O)O)cs1. The summed E-state index contributed by atoms with van der Waals surface area (Å²) in [6.07, 6.45) is 0.882. The predicted molar refractivity (Wildman–Crippen MR) is 65.9 cm³/mol. The number of carboxylic acids is 1. The quantitative estimate of drug-likeness (QED) is 0.830. The zero-order valence-electron chi connectivity index (χ0n) is 9.63. The third-order valence-electron chi connectivity index (χ3n) is 2.41. The number of aromatic carboxylic acids is 1. The lowest BCUT2D eigenvalue weighted by atomic mass is 10.1. The van der Waals surface area contributed by atoms with Gasteiger partial charge in [-0.3, -0.25) is 0 Å². The number of carbonyl (C=O) groups is 1. The van der Waals surface area contributed by atoms with Gasteiger partial charge in [0.15, 0.2) is 0 Å². The Kier molecular flexibility index (Phi) is 4.67. The fraction of sp³-hybridized carbons (Fsp3) is 0.500. The molecule has 1 aromatic heterocycles. The molecule has 0 aliphatic carbocycles. The Balaban J connectivity index is 2.79. The number of thiophene rings is 1. The van der Waals surface area contributed by atoms with Crippen LogP contribution in [0.15, 0.2) is 15.7 Å². The standard InChI is InChI=1S/C10H15NO4S2/c1-3-7(2)5-11-17(14,15)9-4-8(6-16-9)10(12)13/h4,6-7,11H,3,5H2,1-2H3,(H,12,13). The number of nitrogens with one attached hydrogen (secondary N) is 1. The van der Waals surface area contributed by atoms with Gasteiger partial charge in [-0.1, -0.05) is 20.3 Å². The molecule has 1 aromatic rings. The zero-order chi connectivity index (χ0) is 13.1. The first-order chi connectivity index (χ1) is 7.86. The van der Waals surface area contributed by atoms with Crippen molar-refractivity contribution in [2.75, 3.05) is 6.54 Å². The molecule has 1 atom stereocenters. The number of sulfonamides is 1. The van der Waals surface area contributed by atoms with Crippen LogP contribution in [0.1, 0.15) is 30.6 Å². The molecule has 7 heteroatoms. The van der Waals surface area contributed by atoms with Crippen LogP contribution in [0.2, 0.25) is 0 Å². The summed E-state index contributed by atoms with van der Waals surface area (Å²) in [5, 5.41) is 10.0. The fourth-order valence-corrected chi connectivity index (χ4v) is 3.40. The predicted octanol–water partition coefficient (Wildman–Crippen LogP) is 1.77. The van der Waals surface area contributed by atoms with E-state index in [1.807, 2.05) is 13.8 Å². The average Bonchev–Trinajstić information content (AvgIpc) is 2.76. The molecule has 0 aromatic carbocycles. The average molecular weight is 277 g/mol. The van der Waals surface area contributed by atoms with Gasteiger partial charge in [-0.25, -0.2) is 17.9 Å². The minimum Gasteiger partial charge on any atom is -0.478 e. The summed E-state index contributed by atoms with van der Waals surface area (Å²) in [7, 11) is -3.57. The molecule has 0 aliphatic rings. The molecule has 5 nitrogen and oxygen atoms in total. The maximum absolute atomic E-state index is 11.8. The Bertz CT molecular complexity index is 492. The molecule has 1 heterocycles. The minimum absolute atomic E-state index is 0.00100. The Morgan fingerprint density at radius 2 is 2.24 bits per heavy atom. The Labute approximate surface area is 105 Å². The largest absolute Gasteiger partial charge is 0.478 e. The van der Waals surface area contributed by atoms with Gasteiger partial charge in [-0.2, -0.15) is 0 Å². The van der Waals surface area contributed by atoms with Gasteiger partial charge < -0.3 is 5.11 Å². The monoisotopic (exact) mass is 277 g/mol. The Hall–Kier alpha value is -0.920. The summed E-state index contributed by atoms with van der Waals surface area (Å²) in [6, 6.07) is 1.17. The third-order valence-corrected chi connectivity index (χ3v) is 5.27. The van der Waals surface area contributed by atoms with E-state index >= 15 is 0 Å². The fourth-order valence-electron chi connectivity index (χ4n) is 1.04. The number of rotatable bonds is 6. The molecular weight excluding hydrogens is 262 g/mol. The van der Waals surface area contributed by atoms with E-state index in [-0.39, 0.29) is 15.7 Å². The Morgan fingerprint density at radius 1 is 1.59 bits per heavy atom. The van der Waals surface area contributed by atoms with E-state index in [1.54, 1.807) is 0 Å². The number of hydrogen-bond acceptors (Lipinski definition) is 4.